The summed E-state index contributed by atoms with van der Waals surface area (Å²) >= 11 is 0. The van der Waals surface area contributed by atoms with Crippen LogP contribution in [0.5, 0.6) is 0 Å². The van der Waals surface area contributed by atoms with E-state index < -0.39 is 0 Å². The molecule has 0 saturated carbocycles. The number of benzene rings is 1. The molecule has 0 bridgehead atoms. The normalized spacial score (nSPS) is 13.8. The predicted molar refractivity (Wildman–Crippen MR) is 83.7 cm³/mol. The molecule has 106 valence electrons. The van der Waals surface area contributed by atoms with Gasteiger partial charge in [-0.3, -0.25) is 4.57 Å². The molecule has 0 saturated heterocycles. The van der Waals surface area contributed by atoms with Gasteiger partial charge in [0, 0.05) is 18.4 Å². The molecule has 0 unspecified atom stereocenters. The van der Waals surface area contributed by atoms with Gasteiger partial charge in [0.2, 0.25) is 5.95 Å². The Bertz CT molecular complexity index is 611. The van der Waals surface area contributed by atoms with E-state index in [4.69, 9.17) is 0 Å². The molecule has 0 atom stereocenters. The maximum absolute atomic E-state index is 4.60. The zero-order valence-electron chi connectivity index (χ0n) is 12.6. The van der Waals surface area contributed by atoms with Gasteiger partial charge in [0.05, 0.1) is 5.69 Å². The summed E-state index contributed by atoms with van der Waals surface area (Å²) in [6.45, 7) is 7.41. The largest absolute Gasteiger partial charge is 0.355 e. The summed E-state index contributed by atoms with van der Waals surface area (Å²) in [5, 5.41) is 3.45. The molecule has 0 amide bonds. The summed E-state index contributed by atoms with van der Waals surface area (Å²) in [4.78, 5) is 4.60. The quantitative estimate of drug-likeness (QED) is 0.916. The molecule has 1 aromatic carbocycles. The first kappa shape index (κ1) is 13.2. The van der Waals surface area contributed by atoms with Crippen LogP contribution in [0.4, 0.5) is 5.95 Å². The smallest absolute Gasteiger partial charge is 0.207 e. The van der Waals surface area contributed by atoms with Crippen molar-refractivity contribution in [1.29, 1.82) is 0 Å². The monoisotopic (exact) mass is 269 g/mol. The molecule has 1 aliphatic carbocycles. The van der Waals surface area contributed by atoms with Gasteiger partial charge in [-0.1, -0.05) is 19.9 Å². The minimum Gasteiger partial charge on any atom is -0.355 e. The summed E-state index contributed by atoms with van der Waals surface area (Å²) in [6.07, 6.45) is 5.85. The fourth-order valence-electron chi connectivity index (χ4n) is 2.82. The molecule has 3 rings (SSSR count). The standard InChI is InChI=1S/C17H23N3/c1-12(2)10-18-17-19-13(3)11-20(17)16-8-7-14-5-4-6-15(14)9-16/h7-9,11-12H,4-6,10H2,1-3H3,(H,18,19). The molecule has 0 radical (unpaired) electrons. The fourth-order valence-corrected chi connectivity index (χ4v) is 2.82. The third kappa shape index (κ3) is 2.58. The molecule has 20 heavy (non-hydrogen) atoms. The van der Waals surface area contributed by atoms with Crippen molar-refractivity contribution in [3.8, 4) is 5.69 Å². The lowest BCUT2D eigenvalue weighted by Crippen LogP contribution is -2.12. The van der Waals surface area contributed by atoms with Gasteiger partial charge in [-0.2, -0.15) is 0 Å². The Morgan fingerprint density at radius 3 is 2.85 bits per heavy atom. The highest BCUT2D eigenvalue weighted by atomic mass is 15.2. The van der Waals surface area contributed by atoms with Crippen LogP contribution in [-0.2, 0) is 12.8 Å². The molecule has 0 aliphatic heterocycles. The molecule has 2 aromatic rings. The lowest BCUT2D eigenvalue weighted by atomic mass is 10.1. The maximum atomic E-state index is 4.60. The van der Waals surface area contributed by atoms with Crippen LogP contribution in [-0.4, -0.2) is 16.1 Å². The van der Waals surface area contributed by atoms with Gasteiger partial charge >= 0.3 is 0 Å². The number of rotatable bonds is 4. The summed E-state index contributed by atoms with van der Waals surface area (Å²) in [7, 11) is 0. The Kier molecular flexibility index (Phi) is 3.51. The minimum absolute atomic E-state index is 0.612. The number of hydrogen-bond acceptors (Lipinski definition) is 2. The van der Waals surface area contributed by atoms with Crippen LogP contribution in [0.1, 0.15) is 37.1 Å². The Morgan fingerprint density at radius 1 is 1.25 bits per heavy atom. The maximum Gasteiger partial charge on any atom is 0.207 e. The van der Waals surface area contributed by atoms with Crippen molar-refractivity contribution in [2.24, 2.45) is 5.92 Å². The summed E-state index contributed by atoms with van der Waals surface area (Å²) in [6, 6.07) is 6.81. The van der Waals surface area contributed by atoms with Gasteiger partial charge in [-0.15, -0.1) is 0 Å². The number of anilines is 1. The van der Waals surface area contributed by atoms with Gasteiger partial charge in [0.1, 0.15) is 0 Å². The van der Waals surface area contributed by atoms with Crippen LogP contribution >= 0.6 is 0 Å². The lowest BCUT2D eigenvalue weighted by Gasteiger charge is -2.12. The first-order chi connectivity index (χ1) is 9.63. The van der Waals surface area contributed by atoms with E-state index in [1.165, 1.54) is 36.1 Å². The number of nitrogens with zero attached hydrogens (tertiary/aromatic N) is 2. The number of aromatic nitrogens is 2. The molecule has 1 heterocycles. The Balaban J connectivity index is 1.93. The van der Waals surface area contributed by atoms with Crippen molar-refractivity contribution >= 4 is 5.95 Å². The fraction of sp³-hybridized carbons (Fsp3) is 0.471. The Labute approximate surface area is 121 Å². The van der Waals surface area contributed by atoms with Crippen LogP contribution in [0, 0.1) is 12.8 Å². The van der Waals surface area contributed by atoms with Crippen LogP contribution in [0.2, 0.25) is 0 Å². The average molecular weight is 269 g/mol. The zero-order chi connectivity index (χ0) is 14.1. The van der Waals surface area contributed by atoms with Gasteiger partial charge < -0.3 is 5.32 Å². The van der Waals surface area contributed by atoms with E-state index in [0.717, 1.165) is 18.2 Å². The Hall–Kier alpha value is -1.77. The molecule has 0 fully saturated rings. The van der Waals surface area contributed by atoms with Crippen LogP contribution in [0.15, 0.2) is 24.4 Å². The van der Waals surface area contributed by atoms with Crippen molar-refractivity contribution < 1.29 is 0 Å². The number of fused-ring (bicyclic) bond motifs is 1. The van der Waals surface area contributed by atoms with Crippen molar-refractivity contribution in [3.05, 3.63) is 41.2 Å². The first-order valence-corrected chi connectivity index (χ1v) is 7.55. The molecule has 1 aliphatic rings. The van der Waals surface area contributed by atoms with Crippen LogP contribution < -0.4 is 5.32 Å². The van der Waals surface area contributed by atoms with E-state index in [-0.39, 0.29) is 0 Å². The first-order valence-electron chi connectivity index (χ1n) is 7.55. The number of aryl methyl sites for hydroxylation is 3. The van der Waals surface area contributed by atoms with Crippen LogP contribution in [0.3, 0.4) is 0 Å². The van der Waals surface area contributed by atoms with Crippen LogP contribution in [0.25, 0.3) is 5.69 Å². The van der Waals surface area contributed by atoms with E-state index in [1.807, 2.05) is 6.92 Å². The van der Waals surface area contributed by atoms with E-state index in [1.54, 1.807) is 0 Å². The predicted octanol–water partition coefficient (Wildman–Crippen LogP) is 3.74. The molecule has 3 nitrogen and oxygen atoms in total. The highest BCUT2D eigenvalue weighted by molar-refractivity contribution is 5.48. The van der Waals surface area contributed by atoms with Crippen molar-refractivity contribution in [1.82, 2.24) is 9.55 Å². The summed E-state index contributed by atoms with van der Waals surface area (Å²) in [5.74, 6) is 1.56. The van der Waals surface area contributed by atoms with E-state index >= 15 is 0 Å². The van der Waals surface area contributed by atoms with Gasteiger partial charge in [0.25, 0.3) is 0 Å². The number of imidazole rings is 1. The van der Waals surface area contributed by atoms with Crippen molar-refractivity contribution in [2.45, 2.75) is 40.0 Å². The SMILES string of the molecule is Cc1cn(-c2ccc3c(c2)CCC3)c(NCC(C)C)n1. The number of hydrogen-bond donors (Lipinski definition) is 1. The summed E-state index contributed by atoms with van der Waals surface area (Å²) in [5.41, 5.74) is 5.29. The third-order valence-corrected chi connectivity index (χ3v) is 3.86. The number of nitrogens with one attached hydrogen (secondary N) is 1. The second kappa shape index (κ2) is 5.31. The molecular weight excluding hydrogens is 246 g/mol. The second-order valence-electron chi connectivity index (χ2n) is 6.16. The average Bonchev–Trinajstić information content (AvgIpc) is 3.01. The van der Waals surface area contributed by atoms with Gasteiger partial charge in [0.15, 0.2) is 0 Å². The summed E-state index contributed by atoms with van der Waals surface area (Å²) < 4.78 is 2.18. The zero-order valence-corrected chi connectivity index (χ0v) is 12.6. The highest BCUT2D eigenvalue weighted by Crippen LogP contribution is 2.26. The van der Waals surface area contributed by atoms with Crippen molar-refractivity contribution in [2.75, 3.05) is 11.9 Å². The van der Waals surface area contributed by atoms with E-state index in [0.29, 0.717) is 5.92 Å². The molecular formula is C17H23N3. The van der Waals surface area contributed by atoms with E-state index in [9.17, 15) is 0 Å². The molecule has 1 N–H and O–H groups in total. The van der Waals surface area contributed by atoms with Gasteiger partial charge in [-0.05, 0) is 55.4 Å². The highest BCUT2D eigenvalue weighted by Gasteiger charge is 2.13. The lowest BCUT2D eigenvalue weighted by molar-refractivity contribution is 0.683. The molecule has 0 spiro atoms. The topological polar surface area (TPSA) is 29.9 Å². The minimum atomic E-state index is 0.612. The third-order valence-electron chi connectivity index (χ3n) is 3.86. The second-order valence-corrected chi connectivity index (χ2v) is 6.16. The Morgan fingerprint density at radius 2 is 2.05 bits per heavy atom. The van der Waals surface area contributed by atoms with Gasteiger partial charge in [-0.25, -0.2) is 4.98 Å². The van der Waals surface area contributed by atoms with E-state index in [2.05, 4.69) is 53.1 Å². The van der Waals surface area contributed by atoms with Crippen molar-refractivity contribution in [3.63, 3.8) is 0 Å². The molecule has 3 heteroatoms. The molecule has 1 aromatic heterocycles.